The fraction of sp³-hybridized carbons (Fsp3) is 0.538. The SMILES string of the molecule is Cc1ccccc1C1CCN(S(C)(=O)=O)CCS1. The molecule has 1 heterocycles. The van der Waals surface area contributed by atoms with Crippen molar-refractivity contribution in [2.75, 3.05) is 25.1 Å². The molecule has 0 spiro atoms. The summed E-state index contributed by atoms with van der Waals surface area (Å²) in [7, 11) is -3.04. The highest BCUT2D eigenvalue weighted by atomic mass is 32.2. The lowest BCUT2D eigenvalue weighted by Crippen LogP contribution is -2.31. The maximum Gasteiger partial charge on any atom is 0.211 e. The number of rotatable bonds is 2. The van der Waals surface area contributed by atoms with Crippen LogP contribution in [-0.2, 0) is 10.0 Å². The average molecular weight is 285 g/mol. The Morgan fingerprint density at radius 2 is 2.00 bits per heavy atom. The van der Waals surface area contributed by atoms with E-state index in [2.05, 4.69) is 25.1 Å². The standard InChI is InChI=1S/C13H19NO2S2/c1-11-5-3-4-6-12(11)13-7-8-14(9-10-17-13)18(2,15)16/h3-6,13H,7-10H2,1-2H3. The molecular weight excluding hydrogens is 266 g/mol. The fourth-order valence-electron chi connectivity index (χ4n) is 2.28. The molecule has 0 amide bonds. The number of benzene rings is 1. The average Bonchev–Trinajstić information content (AvgIpc) is 2.54. The molecule has 1 aliphatic rings. The molecule has 2 rings (SSSR count). The minimum atomic E-state index is -3.04. The minimum absolute atomic E-state index is 0.415. The van der Waals surface area contributed by atoms with Gasteiger partial charge in [-0.25, -0.2) is 12.7 Å². The van der Waals surface area contributed by atoms with Crippen molar-refractivity contribution in [2.24, 2.45) is 0 Å². The van der Waals surface area contributed by atoms with Gasteiger partial charge in [0.05, 0.1) is 6.26 Å². The van der Waals surface area contributed by atoms with E-state index in [1.165, 1.54) is 17.4 Å². The second-order valence-electron chi connectivity index (χ2n) is 4.67. The smallest absolute Gasteiger partial charge is 0.211 e. The Balaban J connectivity index is 2.13. The van der Waals surface area contributed by atoms with Crippen molar-refractivity contribution < 1.29 is 8.42 Å². The van der Waals surface area contributed by atoms with E-state index in [0.717, 1.165) is 12.2 Å². The minimum Gasteiger partial charge on any atom is -0.213 e. The molecule has 0 saturated carbocycles. The zero-order valence-corrected chi connectivity index (χ0v) is 12.4. The number of aryl methyl sites for hydroxylation is 1. The van der Waals surface area contributed by atoms with Crippen molar-refractivity contribution in [3.63, 3.8) is 0 Å². The van der Waals surface area contributed by atoms with Crippen LogP contribution in [0.2, 0.25) is 0 Å². The summed E-state index contributed by atoms with van der Waals surface area (Å²) in [5, 5.41) is 0.415. The molecule has 0 bridgehead atoms. The number of nitrogens with zero attached hydrogens (tertiary/aromatic N) is 1. The summed E-state index contributed by atoms with van der Waals surface area (Å²) in [6.07, 6.45) is 2.19. The Morgan fingerprint density at radius 1 is 1.28 bits per heavy atom. The van der Waals surface area contributed by atoms with Gasteiger partial charge < -0.3 is 0 Å². The molecule has 0 aliphatic carbocycles. The molecule has 5 heteroatoms. The first-order valence-corrected chi connectivity index (χ1v) is 9.00. The molecule has 3 nitrogen and oxygen atoms in total. The first-order chi connectivity index (χ1) is 8.48. The Kier molecular flexibility index (Phi) is 4.35. The monoisotopic (exact) mass is 285 g/mol. The summed E-state index contributed by atoms with van der Waals surface area (Å²) in [5.41, 5.74) is 2.64. The Bertz CT molecular complexity index is 513. The van der Waals surface area contributed by atoms with Crippen LogP contribution in [0, 0.1) is 6.92 Å². The van der Waals surface area contributed by atoms with E-state index in [9.17, 15) is 8.42 Å². The van der Waals surface area contributed by atoms with Crippen molar-refractivity contribution in [1.82, 2.24) is 4.31 Å². The van der Waals surface area contributed by atoms with E-state index >= 15 is 0 Å². The summed E-state index contributed by atoms with van der Waals surface area (Å²) in [6, 6.07) is 8.38. The molecule has 0 radical (unpaired) electrons. The third-order valence-electron chi connectivity index (χ3n) is 3.30. The molecule has 1 saturated heterocycles. The Labute approximate surface area is 114 Å². The van der Waals surface area contributed by atoms with Gasteiger partial charge in [-0.05, 0) is 24.5 Å². The largest absolute Gasteiger partial charge is 0.213 e. The van der Waals surface area contributed by atoms with Crippen molar-refractivity contribution >= 4 is 21.8 Å². The van der Waals surface area contributed by atoms with Crippen LogP contribution in [0.25, 0.3) is 0 Å². The summed E-state index contributed by atoms with van der Waals surface area (Å²) in [5.74, 6) is 0.867. The van der Waals surface area contributed by atoms with E-state index in [0.29, 0.717) is 18.3 Å². The first-order valence-electron chi connectivity index (χ1n) is 6.11. The fourth-order valence-corrected chi connectivity index (χ4v) is 4.58. The molecule has 18 heavy (non-hydrogen) atoms. The van der Waals surface area contributed by atoms with E-state index in [4.69, 9.17) is 0 Å². The highest BCUT2D eigenvalue weighted by Gasteiger charge is 2.24. The van der Waals surface area contributed by atoms with Gasteiger partial charge in [0.1, 0.15) is 0 Å². The van der Waals surface area contributed by atoms with Crippen molar-refractivity contribution in [3.8, 4) is 0 Å². The second-order valence-corrected chi connectivity index (χ2v) is 7.96. The van der Waals surface area contributed by atoms with Gasteiger partial charge in [0.25, 0.3) is 0 Å². The molecule has 0 N–H and O–H groups in total. The lowest BCUT2D eigenvalue weighted by Gasteiger charge is -2.18. The van der Waals surface area contributed by atoms with E-state index in [1.54, 1.807) is 4.31 Å². The quantitative estimate of drug-likeness (QED) is 0.837. The van der Waals surface area contributed by atoms with Crippen molar-refractivity contribution in [3.05, 3.63) is 35.4 Å². The zero-order chi connectivity index (χ0) is 13.2. The predicted molar refractivity (Wildman–Crippen MR) is 77.4 cm³/mol. The van der Waals surface area contributed by atoms with E-state index in [-0.39, 0.29) is 0 Å². The van der Waals surface area contributed by atoms with Crippen molar-refractivity contribution in [2.45, 2.75) is 18.6 Å². The maximum absolute atomic E-state index is 11.6. The van der Waals surface area contributed by atoms with Crippen LogP contribution in [0.3, 0.4) is 0 Å². The zero-order valence-electron chi connectivity index (χ0n) is 10.8. The molecule has 1 aromatic rings. The third-order valence-corrected chi connectivity index (χ3v) is 5.92. The van der Waals surface area contributed by atoms with Gasteiger partial charge in [0.15, 0.2) is 0 Å². The topological polar surface area (TPSA) is 37.4 Å². The predicted octanol–water partition coefficient (Wildman–Crippen LogP) is 2.43. The summed E-state index contributed by atoms with van der Waals surface area (Å²) in [4.78, 5) is 0. The number of thioether (sulfide) groups is 1. The normalized spacial score (nSPS) is 22.7. The van der Waals surface area contributed by atoms with Crippen LogP contribution in [0.5, 0.6) is 0 Å². The highest BCUT2D eigenvalue weighted by molar-refractivity contribution is 7.99. The van der Waals surface area contributed by atoms with Crippen LogP contribution >= 0.6 is 11.8 Å². The second kappa shape index (κ2) is 5.63. The van der Waals surface area contributed by atoms with Crippen LogP contribution < -0.4 is 0 Å². The Hall–Kier alpha value is -0.520. The van der Waals surface area contributed by atoms with Crippen LogP contribution in [0.15, 0.2) is 24.3 Å². The summed E-state index contributed by atoms with van der Waals surface area (Å²) in [6.45, 7) is 3.38. The van der Waals surface area contributed by atoms with E-state index in [1.807, 2.05) is 17.8 Å². The number of hydrogen-bond donors (Lipinski definition) is 0. The molecule has 100 valence electrons. The lowest BCUT2D eigenvalue weighted by molar-refractivity contribution is 0.432. The molecule has 0 aromatic heterocycles. The molecule has 1 aromatic carbocycles. The first kappa shape index (κ1) is 13.9. The van der Waals surface area contributed by atoms with Gasteiger partial charge in [0, 0.05) is 24.1 Å². The van der Waals surface area contributed by atoms with Crippen LogP contribution in [0.4, 0.5) is 0 Å². The van der Waals surface area contributed by atoms with Crippen LogP contribution in [0.1, 0.15) is 22.8 Å². The summed E-state index contributed by atoms with van der Waals surface area (Å²) < 4.78 is 24.7. The summed E-state index contributed by atoms with van der Waals surface area (Å²) >= 11 is 1.87. The molecule has 1 aliphatic heterocycles. The number of sulfonamides is 1. The molecule has 1 fully saturated rings. The third kappa shape index (κ3) is 3.28. The van der Waals surface area contributed by atoms with Crippen LogP contribution in [-0.4, -0.2) is 37.8 Å². The van der Waals surface area contributed by atoms with Gasteiger partial charge >= 0.3 is 0 Å². The van der Waals surface area contributed by atoms with Gasteiger partial charge in [-0.15, -0.1) is 0 Å². The molecular formula is C13H19NO2S2. The molecule has 1 atom stereocenters. The molecule has 1 unspecified atom stereocenters. The van der Waals surface area contributed by atoms with Gasteiger partial charge in [-0.3, -0.25) is 0 Å². The lowest BCUT2D eigenvalue weighted by atomic mass is 10.0. The van der Waals surface area contributed by atoms with Crippen molar-refractivity contribution in [1.29, 1.82) is 0 Å². The number of hydrogen-bond acceptors (Lipinski definition) is 3. The van der Waals surface area contributed by atoms with Gasteiger partial charge in [-0.2, -0.15) is 11.8 Å². The van der Waals surface area contributed by atoms with Gasteiger partial charge in [-0.1, -0.05) is 24.3 Å². The van der Waals surface area contributed by atoms with Gasteiger partial charge in [0.2, 0.25) is 10.0 Å². The highest BCUT2D eigenvalue weighted by Crippen LogP contribution is 2.36. The maximum atomic E-state index is 11.6. The Morgan fingerprint density at radius 3 is 2.67 bits per heavy atom. The van der Waals surface area contributed by atoms with E-state index < -0.39 is 10.0 Å².